The van der Waals surface area contributed by atoms with Crippen molar-refractivity contribution in [3.05, 3.63) is 0 Å². The Morgan fingerprint density at radius 1 is 1.09 bits per heavy atom. The van der Waals surface area contributed by atoms with Gasteiger partial charge >= 0.3 is 0 Å². The van der Waals surface area contributed by atoms with E-state index >= 15 is 0 Å². The molecule has 2 aliphatic rings. The highest BCUT2D eigenvalue weighted by molar-refractivity contribution is 5.79. The highest BCUT2D eigenvalue weighted by Crippen LogP contribution is 2.17. The zero-order chi connectivity index (χ0) is 16.1. The summed E-state index contributed by atoms with van der Waals surface area (Å²) in [5, 5.41) is 0. The molecule has 0 aromatic rings. The van der Waals surface area contributed by atoms with Crippen molar-refractivity contribution in [1.29, 1.82) is 0 Å². The quantitative estimate of drug-likeness (QED) is 0.809. The van der Waals surface area contributed by atoms with E-state index < -0.39 is 0 Å². The van der Waals surface area contributed by atoms with Crippen molar-refractivity contribution in [2.24, 2.45) is 5.73 Å². The van der Waals surface area contributed by atoms with Gasteiger partial charge in [0.15, 0.2) is 0 Å². The lowest BCUT2D eigenvalue weighted by Gasteiger charge is -2.38. The molecule has 2 heterocycles. The second-order valence-electron chi connectivity index (χ2n) is 6.77. The third kappa shape index (κ3) is 4.68. The molecular weight excluding hydrogens is 280 g/mol. The van der Waals surface area contributed by atoms with Crippen LogP contribution in [-0.2, 0) is 9.59 Å². The van der Waals surface area contributed by atoms with Gasteiger partial charge in [-0.2, -0.15) is 0 Å². The van der Waals surface area contributed by atoms with Crippen LogP contribution in [0.1, 0.15) is 39.5 Å². The van der Waals surface area contributed by atoms with E-state index in [1.807, 2.05) is 16.7 Å². The van der Waals surface area contributed by atoms with E-state index in [1.54, 1.807) is 0 Å². The molecule has 2 rings (SSSR count). The predicted molar refractivity (Wildman–Crippen MR) is 86.3 cm³/mol. The average Bonchev–Trinajstić information content (AvgIpc) is 2.47. The van der Waals surface area contributed by atoms with Gasteiger partial charge in [0.2, 0.25) is 11.8 Å². The number of carbonyl (C=O) groups is 2. The lowest BCUT2D eigenvalue weighted by atomic mass is 10.0. The number of carbonyl (C=O) groups excluding carboxylic acids is 2. The molecule has 22 heavy (non-hydrogen) atoms. The van der Waals surface area contributed by atoms with E-state index in [1.165, 1.54) is 6.42 Å². The first kappa shape index (κ1) is 17.2. The zero-order valence-corrected chi connectivity index (χ0v) is 14.0. The van der Waals surface area contributed by atoms with Gasteiger partial charge in [0, 0.05) is 51.2 Å². The van der Waals surface area contributed by atoms with Gasteiger partial charge in [-0.25, -0.2) is 0 Å². The highest BCUT2D eigenvalue weighted by Gasteiger charge is 2.27. The van der Waals surface area contributed by atoms with Crippen LogP contribution < -0.4 is 5.73 Å². The SMILES string of the molecule is CC(N)CC(=O)N1CCN(CC(=O)N2CCCCC2C)CC1. The Bertz CT molecular complexity index is 392. The standard InChI is InChI=1S/C16H30N4O2/c1-13(17)11-15(21)19-9-7-18(8-10-19)12-16(22)20-6-4-3-5-14(20)2/h13-14H,3-12,17H2,1-2H3. The Hall–Kier alpha value is -1.14. The molecule has 126 valence electrons. The maximum atomic E-state index is 12.4. The Balaban J connectivity index is 1.75. The fraction of sp³-hybridized carbons (Fsp3) is 0.875. The number of nitrogens with two attached hydrogens (primary N) is 1. The molecule has 0 aromatic heterocycles. The molecule has 2 N–H and O–H groups in total. The van der Waals surface area contributed by atoms with Crippen molar-refractivity contribution >= 4 is 11.8 Å². The number of piperazine rings is 1. The van der Waals surface area contributed by atoms with Crippen LogP contribution in [-0.4, -0.2) is 77.9 Å². The number of amides is 2. The van der Waals surface area contributed by atoms with Crippen LogP contribution in [0.4, 0.5) is 0 Å². The van der Waals surface area contributed by atoms with Crippen LogP contribution in [0.5, 0.6) is 0 Å². The fourth-order valence-electron chi connectivity index (χ4n) is 3.31. The summed E-state index contributed by atoms with van der Waals surface area (Å²) in [5.41, 5.74) is 5.68. The van der Waals surface area contributed by atoms with Gasteiger partial charge in [0.05, 0.1) is 6.54 Å². The molecule has 2 unspecified atom stereocenters. The number of hydrogen-bond donors (Lipinski definition) is 1. The van der Waals surface area contributed by atoms with Crippen LogP contribution in [0, 0.1) is 0 Å². The normalized spacial score (nSPS) is 25.1. The molecule has 0 aromatic carbocycles. The summed E-state index contributed by atoms with van der Waals surface area (Å²) >= 11 is 0. The summed E-state index contributed by atoms with van der Waals surface area (Å²) in [6, 6.07) is 0.280. The van der Waals surface area contributed by atoms with Gasteiger partial charge in [-0.3, -0.25) is 14.5 Å². The number of likely N-dealkylation sites (tertiary alicyclic amines) is 1. The lowest BCUT2D eigenvalue weighted by molar-refractivity contribution is -0.137. The highest BCUT2D eigenvalue weighted by atomic mass is 16.2. The van der Waals surface area contributed by atoms with Crippen molar-refractivity contribution in [3.8, 4) is 0 Å². The minimum absolute atomic E-state index is 0.0901. The smallest absolute Gasteiger partial charge is 0.236 e. The van der Waals surface area contributed by atoms with Crippen molar-refractivity contribution in [2.45, 2.75) is 51.6 Å². The molecule has 2 atom stereocenters. The fourth-order valence-corrected chi connectivity index (χ4v) is 3.31. The van der Waals surface area contributed by atoms with Crippen molar-refractivity contribution in [1.82, 2.24) is 14.7 Å². The first-order valence-corrected chi connectivity index (χ1v) is 8.52. The number of rotatable bonds is 4. The first-order valence-electron chi connectivity index (χ1n) is 8.52. The molecule has 2 fully saturated rings. The zero-order valence-electron chi connectivity index (χ0n) is 14.0. The molecule has 0 saturated carbocycles. The molecule has 2 amide bonds. The second kappa shape index (κ2) is 7.92. The molecule has 2 aliphatic heterocycles. The molecule has 0 spiro atoms. The molecule has 0 bridgehead atoms. The van der Waals surface area contributed by atoms with Crippen LogP contribution in [0.25, 0.3) is 0 Å². The van der Waals surface area contributed by atoms with Gasteiger partial charge in [0.25, 0.3) is 0 Å². The summed E-state index contributed by atoms with van der Waals surface area (Å²) in [5.74, 6) is 0.369. The predicted octanol–water partition coefficient (Wildman–Crippen LogP) is 0.269. The number of nitrogens with zero attached hydrogens (tertiary/aromatic N) is 3. The average molecular weight is 310 g/mol. The van der Waals surface area contributed by atoms with E-state index in [9.17, 15) is 9.59 Å². The van der Waals surface area contributed by atoms with Crippen LogP contribution in [0.15, 0.2) is 0 Å². The van der Waals surface area contributed by atoms with Gasteiger partial charge in [-0.05, 0) is 33.1 Å². The van der Waals surface area contributed by atoms with E-state index in [0.29, 0.717) is 32.1 Å². The maximum absolute atomic E-state index is 12.4. The van der Waals surface area contributed by atoms with Gasteiger partial charge in [-0.15, -0.1) is 0 Å². The molecule has 0 radical (unpaired) electrons. The monoisotopic (exact) mass is 310 g/mol. The molecule has 0 aliphatic carbocycles. The molecule has 6 nitrogen and oxygen atoms in total. The van der Waals surface area contributed by atoms with Crippen molar-refractivity contribution < 1.29 is 9.59 Å². The summed E-state index contributed by atoms with van der Waals surface area (Å²) in [6.45, 7) is 8.33. The topological polar surface area (TPSA) is 69.9 Å². The Kier molecular flexibility index (Phi) is 6.20. The summed E-state index contributed by atoms with van der Waals surface area (Å²) < 4.78 is 0. The van der Waals surface area contributed by atoms with Gasteiger partial charge in [0.1, 0.15) is 0 Å². The third-order valence-electron chi connectivity index (χ3n) is 4.70. The minimum Gasteiger partial charge on any atom is -0.340 e. The molecule has 2 saturated heterocycles. The third-order valence-corrected chi connectivity index (χ3v) is 4.70. The molecule has 6 heteroatoms. The second-order valence-corrected chi connectivity index (χ2v) is 6.77. The van der Waals surface area contributed by atoms with E-state index in [0.717, 1.165) is 32.5 Å². The first-order chi connectivity index (χ1) is 10.5. The number of hydrogen-bond acceptors (Lipinski definition) is 4. The Labute approximate surface area is 133 Å². The Morgan fingerprint density at radius 2 is 1.77 bits per heavy atom. The summed E-state index contributed by atoms with van der Waals surface area (Å²) in [7, 11) is 0. The molecular formula is C16H30N4O2. The van der Waals surface area contributed by atoms with Gasteiger partial charge < -0.3 is 15.5 Å². The van der Waals surface area contributed by atoms with Crippen LogP contribution >= 0.6 is 0 Å². The van der Waals surface area contributed by atoms with E-state index in [-0.39, 0.29) is 17.9 Å². The maximum Gasteiger partial charge on any atom is 0.236 e. The summed E-state index contributed by atoms with van der Waals surface area (Å²) in [4.78, 5) is 30.5. The van der Waals surface area contributed by atoms with Crippen LogP contribution in [0.2, 0.25) is 0 Å². The Morgan fingerprint density at radius 3 is 2.36 bits per heavy atom. The number of piperidine rings is 1. The van der Waals surface area contributed by atoms with E-state index in [2.05, 4.69) is 11.8 Å². The van der Waals surface area contributed by atoms with E-state index in [4.69, 9.17) is 5.73 Å². The van der Waals surface area contributed by atoms with Crippen LogP contribution in [0.3, 0.4) is 0 Å². The van der Waals surface area contributed by atoms with Crippen molar-refractivity contribution in [2.75, 3.05) is 39.3 Å². The van der Waals surface area contributed by atoms with Gasteiger partial charge in [-0.1, -0.05) is 0 Å². The lowest BCUT2D eigenvalue weighted by Crippen LogP contribution is -2.53. The minimum atomic E-state index is -0.0901. The largest absolute Gasteiger partial charge is 0.340 e. The van der Waals surface area contributed by atoms with Crippen molar-refractivity contribution in [3.63, 3.8) is 0 Å². The summed E-state index contributed by atoms with van der Waals surface area (Å²) in [6.07, 6.45) is 3.87.